The van der Waals surface area contributed by atoms with Crippen LogP contribution in [0.1, 0.15) is 42.0 Å². The summed E-state index contributed by atoms with van der Waals surface area (Å²) in [5, 5.41) is 14.9. The van der Waals surface area contributed by atoms with Crippen LogP contribution in [0.3, 0.4) is 0 Å². The number of nitrogens with zero attached hydrogens (tertiary/aromatic N) is 1. The summed E-state index contributed by atoms with van der Waals surface area (Å²) in [6.45, 7) is 0.134. The van der Waals surface area contributed by atoms with Gasteiger partial charge in [-0.1, -0.05) is 48.5 Å². The molecule has 2 aromatic carbocycles. The highest BCUT2D eigenvalue weighted by atomic mass is 16.5. The zero-order chi connectivity index (χ0) is 24.4. The first-order chi connectivity index (χ1) is 17.0. The monoisotopic (exact) mass is 474 g/mol. The highest BCUT2D eigenvalue weighted by Crippen LogP contribution is 2.44. The minimum absolute atomic E-state index is 0.0576. The molecule has 0 aliphatic heterocycles. The van der Waals surface area contributed by atoms with E-state index in [4.69, 9.17) is 4.74 Å². The number of amides is 2. The number of rotatable bonds is 8. The Labute approximate surface area is 201 Å². The van der Waals surface area contributed by atoms with Gasteiger partial charge >= 0.3 is 12.1 Å². The molecule has 2 aliphatic carbocycles. The molecule has 2 aliphatic rings. The largest absolute Gasteiger partial charge is 0.480 e. The molecule has 0 unspecified atom stereocenters. The summed E-state index contributed by atoms with van der Waals surface area (Å²) in [6, 6.07) is 14.9. The molecule has 1 atom stereocenters. The van der Waals surface area contributed by atoms with Crippen molar-refractivity contribution in [3.8, 4) is 11.1 Å². The van der Waals surface area contributed by atoms with Crippen LogP contribution in [0.5, 0.6) is 0 Å². The first-order valence-corrected chi connectivity index (χ1v) is 11.6. The van der Waals surface area contributed by atoms with E-state index in [0.29, 0.717) is 18.5 Å². The van der Waals surface area contributed by atoms with Gasteiger partial charge in [0.2, 0.25) is 5.91 Å². The number of benzene rings is 2. The number of fused-ring (bicyclic) bond motifs is 3. The zero-order valence-electron chi connectivity index (χ0n) is 19.0. The van der Waals surface area contributed by atoms with Crippen LogP contribution in [0.15, 0.2) is 61.1 Å². The summed E-state index contributed by atoms with van der Waals surface area (Å²) in [6.07, 6.45) is 3.90. The number of aliphatic carboxylic acids is 1. The minimum Gasteiger partial charge on any atom is -0.480 e. The van der Waals surface area contributed by atoms with Gasteiger partial charge in [0.1, 0.15) is 18.2 Å². The van der Waals surface area contributed by atoms with E-state index in [1.165, 1.54) is 12.5 Å². The van der Waals surface area contributed by atoms with Gasteiger partial charge in [-0.15, -0.1) is 0 Å². The molecule has 0 radical (unpaired) electrons. The van der Waals surface area contributed by atoms with Crippen molar-refractivity contribution in [1.29, 1.82) is 0 Å². The molecule has 0 spiro atoms. The van der Waals surface area contributed by atoms with E-state index < -0.39 is 29.6 Å². The van der Waals surface area contributed by atoms with Gasteiger partial charge in [-0.3, -0.25) is 4.79 Å². The van der Waals surface area contributed by atoms with E-state index in [-0.39, 0.29) is 18.9 Å². The Kier molecular flexibility index (Phi) is 5.98. The number of carboxylic acid groups (broad SMARTS) is 1. The van der Waals surface area contributed by atoms with Gasteiger partial charge in [0.15, 0.2) is 0 Å². The molecular formula is C26H26N4O5. The zero-order valence-corrected chi connectivity index (χ0v) is 19.0. The van der Waals surface area contributed by atoms with E-state index in [0.717, 1.165) is 28.7 Å². The first-order valence-electron chi connectivity index (χ1n) is 11.6. The van der Waals surface area contributed by atoms with Crippen LogP contribution in [0.4, 0.5) is 4.79 Å². The third kappa shape index (κ3) is 4.37. The quantitative estimate of drug-likeness (QED) is 0.397. The maximum atomic E-state index is 13.0. The maximum absolute atomic E-state index is 13.0. The fourth-order valence-electron chi connectivity index (χ4n) is 4.88. The van der Waals surface area contributed by atoms with E-state index >= 15 is 0 Å². The number of nitrogens with one attached hydrogen (secondary N) is 3. The number of hydrogen-bond acceptors (Lipinski definition) is 5. The van der Waals surface area contributed by atoms with Crippen LogP contribution in [-0.4, -0.2) is 51.2 Å². The summed E-state index contributed by atoms with van der Waals surface area (Å²) in [5.41, 5.74) is 3.86. The number of alkyl carbamates (subject to hydrolysis) is 1. The van der Waals surface area contributed by atoms with Crippen molar-refractivity contribution in [1.82, 2.24) is 20.6 Å². The number of H-pyrrole nitrogens is 1. The molecule has 1 aromatic heterocycles. The van der Waals surface area contributed by atoms with Crippen molar-refractivity contribution in [2.75, 3.05) is 6.61 Å². The molecule has 9 nitrogen and oxygen atoms in total. The maximum Gasteiger partial charge on any atom is 0.408 e. The molecule has 2 amide bonds. The summed E-state index contributed by atoms with van der Waals surface area (Å²) in [5.74, 6) is -1.78. The van der Waals surface area contributed by atoms with Gasteiger partial charge < -0.3 is 25.5 Å². The average molecular weight is 475 g/mol. The Hall–Kier alpha value is -4.14. The van der Waals surface area contributed by atoms with E-state index in [2.05, 4.69) is 32.7 Å². The van der Waals surface area contributed by atoms with Crippen LogP contribution in [-0.2, 0) is 20.7 Å². The van der Waals surface area contributed by atoms with E-state index in [1.54, 1.807) is 0 Å². The van der Waals surface area contributed by atoms with Crippen molar-refractivity contribution < 1.29 is 24.2 Å². The Balaban J connectivity index is 1.23. The van der Waals surface area contributed by atoms with E-state index in [1.807, 2.05) is 36.4 Å². The van der Waals surface area contributed by atoms with Gasteiger partial charge in [0.05, 0.1) is 6.33 Å². The third-order valence-corrected chi connectivity index (χ3v) is 6.91. The normalized spacial score (nSPS) is 16.3. The molecule has 5 rings (SSSR count). The van der Waals surface area contributed by atoms with Crippen LogP contribution in [0, 0.1) is 0 Å². The molecule has 35 heavy (non-hydrogen) atoms. The Morgan fingerprint density at radius 1 is 1.09 bits per heavy atom. The number of ether oxygens (including phenoxy) is 1. The Bertz CT molecular complexity index is 1210. The number of imidazole rings is 1. The minimum atomic E-state index is -1.18. The number of carbonyl (C=O) groups excluding carboxylic acids is 2. The summed E-state index contributed by atoms with van der Waals surface area (Å²) >= 11 is 0. The molecule has 0 saturated heterocycles. The highest BCUT2D eigenvalue weighted by molar-refractivity contribution is 5.93. The molecule has 1 fully saturated rings. The lowest BCUT2D eigenvalue weighted by Gasteiger charge is -2.40. The average Bonchev–Trinajstić information content (AvgIpc) is 3.45. The highest BCUT2D eigenvalue weighted by Gasteiger charge is 2.47. The fourth-order valence-corrected chi connectivity index (χ4v) is 4.88. The summed E-state index contributed by atoms with van der Waals surface area (Å²) in [7, 11) is 0. The van der Waals surface area contributed by atoms with Crippen molar-refractivity contribution in [3.63, 3.8) is 0 Å². The SMILES string of the molecule is O=C(NC1(C(=O)N[C@@H](Cc2cnc[nH]2)C(=O)O)CCC1)OCC1c2ccccc2-c2ccccc21. The third-order valence-electron chi connectivity index (χ3n) is 6.91. The smallest absolute Gasteiger partial charge is 0.408 e. The number of hydrogen-bond donors (Lipinski definition) is 4. The molecule has 9 heteroatoms. The predicted octanol–water partition coefficient (Wildman–Crippen LogP) is 2.98. The fraction of sp³-hybridized carbons (Fsp3) is 0.308. The molecular weight excluding hydrogens is 448 g/mol. The van der Waals surface area contributed by atoms with Gasteiger partial charge in [-0.05, 0) is 41.5 Å². The molecule has 1 saturated carbocycles. The van der Waals surface area contributed by atoms with E-state index in [9.17, 15) is 19.5 Å². The molecule has 0 bridgehead atoms. The molecule has 4 N–H and O–H groups in total. The second-order valence-electron chi connectivity index (χ2n) is 9.03. The van der Waals surface area contributed by atoms with Crippen molar-refractivity contribution in [3.05, 3.63) is 77.9 Å². The standard InChI is InChI=1S/C26H26N4O5/c31-23(32)22(12-16-13-27-15-28-16)29-24(33)26(10-5-11-26)30-25(34)35-14-21-19-8-3-1-6-17(19)18-7-2-4-9-20(18)21/h1-4,6-9,13,15,21-22H,5,10-12,14H2,(H,27,28)(H,29,33)(H,30,34)(H,31,32)/t22-/m0/s1. The number of aromatic nitrogens is 2. The number of carboxylic acids is 1. The van der Waals surface area contributed by atoms with Gasteiger partial charge in [-0.25, -0.2) is 14.6 Å². The van der Waals surface area contributed by atoms with Crippen molar-refractivity contribution >= 4 is 18.0 Å². The van der Waals surface area contributed by atoms with Gasteiger partial charge in [0.25, 0.3) is 0 Å². The number of carbonyl (C=O) groups is 3. The van der Waals surface area contributed by atoms with Crippen LogP contribution < -0.4 is 10.6 Å². The Morgan fingerprint density at radius 3 is 2.29 bits per heavy atom. The molecule has 1 heterocycles. The van der Waals surface area contributed by atoms with Crippen LogP contribution in [0.25, 0.3) is 11.1 Å². The molecule has 180 valence electrons. The first kappa shape index (κ1) is 22.6. The molecule has 3 aromatic rings. The lowest BCUT2D eigenvalue weighted by Crippen LogP contribution is -2.65. The van der Waals surface area contributed by atoms with Gasteiger partial charge in [0, 0.05) is 24.2 Å². The topological polar surface area (TPSA) is 133 Å². The van der Waals surface area contributed by atoms with Crippen LogP contribution >= 0.6 is 0 Å². The predicted molar refractivity (Wildman–Crippen MR) is 127 cm³/mol. The second kappa shape index (κ2) is 9.25. The number of aromatic amines is 1. The summed E-state index contributed by atoms with van der Waals surface area (Å²) < 4.78 is 5.60. The second-order valence-corrected chi connectivity index (χ2v) is 9.03. The van der Waals surface area contributed by atoms with Crippen LogP contribution in [0.2, 0.25) is 0 Å². The lowest BCUT2D eigenvalue weighted by atomic mass is 9.76. The lowest BCUT2D eigenvalue weighted by molar-refractivity contribution is -0.143. The van der Waals surface area contributed by atoms with Crippen molar-refractivity contribution in [2.24, 2.45) is 0 Å². The summed E-state index contributed by atoms with van der Waals surface area (Å²) in [4.78, 5) is 44.2. The van der Waals surface area contributed by atoms with Gasteiger partial charge in [-0.2, -0.15) is 0 Å². The Morgan fingerprint density at radius 2 is 1.74 bits per heavy atom. The van der Waals surface area contributed by atoms with Crippen molar-refractivity contribution in [2.45, 2.75) is 43.2 Å².